The molecule has 2 aromatic carbocycles. The van der Waals surface area contributed by atoms with Crippen LogP contribution in [0.2, 0.25) is 0 Å². The van der Waals surface area contributed by atoms with Gasteiger partial charge in [0.1, 0.15) is 11.6 Å². The van der Waals surface area contributed by atoms with E-state index in [1.54, 1.807) is 55.3 Å². The van der Waals surface area contributed by atoms with E-state index in [1.807, 2.05) is 18.2 Å². The third-order valence-electron chi connectivity index (χ3n) is 6.85. The van der Waals surface area contributed by atoms with Crippen LogP contribution in [0.1, 0.15) is 16.1 Å². The number of hydrogen-bond acceptors (Lipinski definition) is 8. The van der Waals surface area contributed by atoms with Crippen LogP contribution in [0.15, 0.2) is 55.2 Å². The lowest BCUT2D eigenvalue weighted by atomic mass is 10.1. The maximum absolute atomic E-state index is 15.0. The maximum Gasteiger partial charge on any atom is 0.253 e. The minimum atomic E-state index is -3.06. The summed E-state index contributed by atoms with van der Waals surface area (Å²) in [7, 11) is 0.0738. The molecule has 9 nitrogen and oxygen atoms in total. The first-order chi connectivity index (χ1) is 18.6. The lowest BCUT2D eigenvalue weighted by Crippen LogP contribution is -2.41. The predicted octanol–water partition coefficient (Wildman–Crippen LogP) is 3.32. The van der Waals surface area contributed by atoms with Gasteiger partial charge in [-0.25, -0.2) is 12.8 Å². The summed E-state index contributed by atoms with van der Waals surface area (Å²) < 4.78 is 49.3. The third kappa shape index (κ3) is 6.66. The number of rotatable bonds is 10. The number of carbonyl (C=O) groups excluding carboxylic acids is 1. The first-order valence-electron chi connectivity index (χ1n) is 12.5. The van der Waals surface area contributed by atoms with Gasteiger partial charge in [0.25, 0.3) is 5.91 Å². The number of benzene rings is 2. The molecular formula is C28H33FN4O5S. The van der Waals surface area contributed by atoms with E-state index in [4.69, 9.17) is 9.47 Å². The van der Waals surface area contributed by atoms with Gasteiger partial charge >= 0.3 is 0 Å². The summed E-state index contributed by atoms with van der Waals surface area (Å²) in [5.41, 5.74) is 2.73. The molecule has 1 aliphatic heterocycles. The summed E-state index contributed by atoms with van der Waals surface area (Å²) in [5, 5.41) is 3.73. The fraction of sp³-hybridized carbons (Fsp3) is 0.357. The Bertz CT molecular complexity index is 1470. The molecule has 1 saturated heterocycles. The Morgan fingerprint density at radius 2 is 1.95 bits per heavy atom. The highest BCUT2D eigenvalue weighted by Gasteiger charge is 2.24. The van der Waals surface area contributed by atoms with Crippen molar-refractivity contribution in [3.63, 3.8) is 0 Å². The summed E-state index contributed by atoms with van der Waals surface area (Å²) in [5.74, 6) is -0.00496. The molecule has 1 N–H and O–H groups in total. The van der Waals surface area contributed by atoms with Crippen LogP contribution in [-0.4, -0.2) is 77.3 Å². The number of aromatic nitrogens is 1. The molecule has 2 heterocycles. The van der Waals surface area contributed by atoms with E-state index in [0.29, 0.717) is 34.9 Å². The average Bonchev–Trinajstić information content (AvgIpc) is 2.92. The van der Waals surface area contributed by atoms with Gasteiger partial charge in [-0.05, 0) is 49.5 Å². The van der Waals surface area contributed by atoms with Crippen molar-refractivity contribution in [1.29, 1.82) is 0 Å². The van der Waals surface area contributed by atoms with Crippen molar-refractivity contribution in [2.24, 2.45) is 0 Å². The molecule has 1 aliphatic rings. The van der Waals surface area contributed by atoms with Crippen LogP contribution in [0.25, 0.3) is 10.9 Å². The highest BCUT2D eigenvalue weighted by atomic mass is 32.2. The van der Waals surface area contributed by atoms with E-state index in [1.165, 1.54) is 6.07 Å². The number of amides is 1. The highest BCUT2D eigenvalue weighted by Crippen LogP contribution is 2.27. The largest absolute Gasteiger partial charge is 0.497 e. The van der Waals surface area contributed by atoms with Gasteiger partial charge in [-0.3, -0.25) is 9.78 Å². The zero-order chi connectivity index (χ0) is 28.2. The topological polar surface area (TPSA) is 101 Å². The van der Waals surface area contributed by atoms with Crippen molar-refractivity contribution in [1.82, 2.24) is 10.3 Å². The van der Waals surface area contributed by atoms with Crippen molar-refractivity contribution in [2.45, 2.75) is 13.0 Å². The number of aryl methyl sites for hydroxylation is 1. The number of pyridine rings is 1. The fourth-order valence-electron chi connectivity index (χ4n) is 4.51. The molecule has 11 heteroatoms. The van der Waals surface area contributed by atoms with Crippen LogP contribution >= 0.6 is 0 Å². The van der Waals surface area contributed by atoms with E-state index in [0.717, 1.165) is 10.9 Å². The Morgan fingerprint density at radius 1 is 1.21 bits per heavy atom. The summed E-state index contributed by atoms with van der Waals surface area (Å²) in [6, 6.07) is 12.1. The Kier molecular flexibility index (Phi) is 8.71. The van der Waals surface area contributed by atoms with Crippen LogP contribution in [0.3, 0.4) is 0 Å². The lowest BCUT2D eigenvalue weighted by Gasteiger charge is -2.30. The van der Waals surface area contributed by atoms with Crippen LogP contribution in [0.5, 0.6) is 5.75 Å². The number of halogens is 1. The quantitative estimate of drug-likeness (QED) is 0.406. The number of hydrogen-bond donors (Lipinski definition) is 1. The van der Waals surface area contributed by atoms with E-state index >= 15 is 4.39 Å². The molecular weight excluding hydrogens is 523 g/mol. The molecule has 39 heavy (non-hydrogen) atoms. The number of fused-ring (bicyclic) bond motifs is 1. The number of ether oxygens (including phenoxy) is 2. The van der Waals surface area contributed by atoms with Gasteiger partial charge in [-0.1, -0.05) is 6.58 Å². The molecule has 0 bridgehead atoms. The molecule has 1 aromatic heterocycles. The van der Waals surface area contributed by atoms with Crippen molar-refractivity contribution >= 4 is 38.0 Å². The van der Waals surface area contributed by atoms with E-state index in [9.17, 15) is 13.2 Å². The molecule has 0 aliphatic carbocycles. The molecule has 0 saturated carbocycles. The summed E-state index contributed by atoms with van der Waals surface area (Å²) in [6.07, 6.45) is 1.15. The van der Waals surface area contributed by atoms with Gasteiger partial charge in [-0.2, -0.15) is 0 Å². The number of nitrogens with one attached hydrogen (secondary N) is 1. The van der Waals surface area contributed by atoms with Crippen molar-refractivity contribution in [3.8, 4) is 5.75 Å². The fourth-order valence-corrected chi connectivity index (χ4v) is 5.71. The normalized spacial score (nSPS) is 15.5. The molecule has 3 aromatic rings. The molecule has 0 unspecified atom stereocenters. The SMILES string of the molecule is C=CN(C[C@H](CNC(=O)c1cc2ccc(OC)cc2nc1C)OC)c1ccc(N2CCS(=O)(=O)CC2)c(F)c1. The van der Waals surface area contributed by atoms with Gasteiger partial charge < -0.3 is 24.6 Å². The second-order valence-corrected chi connectivity index (χ2v) is 11.7. The Balaban J connectivity index is 1.41. The van der Waals surface area contributed by atoms with Crippen molar-refractivity contribution < 1.29 is 27.1 Å². The lowest BCUT2D eigenvalue weighted by molar-refractivity contribution is 0.0848. The summed E-state index contributed by atoms with van der Waals surface area (Å²) in [4.78, 5) is 21.0. The zero-order valence-electron chi connectivity index (χ0n) is 22.3. The zero-order valence-corrected chi connectivity index (χ0v) is 23.1. The van der Waals surface area contributed by atoms with Crippen LogP contribution in [0, 0.1) is 12.7 Å². The minimum absolute atomic E-state index is 0.0117. The highest BCUT2D eigenvalue weighted by molar-refractivity contribution is 7.91. The first-order valence-corrected chi connectivity index (χ1v) is 14.4. The molecule has 1 fully saturated rings. The Morgan fingerprint density at radius 3 is 2.59 bits per heavy atom. The van der Waals surface area contributed by atoms with Gasteiger partial charge in [0.05, 0.1) is 53.7 Å². The smallest absolute Gasteiger partial charge is 0.253 e. The minimum Gasteiger partial charge on any atom is -0.497 e. The maximum atomic E-state index is 15.0. The van der Waals surface area contributed by atoms with Crippen molar-refractivity contribution in [3.05, 3.63) is 72.3 Å². The molecule has 0 radical (unpaired) electrons. The molecule has 1 amide bonds. The summed E-state index contributed by atoms with van der Waals surface area (Å²) in [6.45, 7) is 6.67. The summed E-state index contributed by atoms with van der Waals surface area (Å²) >= 11 is 0. The second-order valence-electron chi connectivity index (χ2n) is 9.36. The number of anilines is 2. The van der Waals surface area contributed by atoms with Crippen LogP contribution in [0.4, 0.5) is 15.8 Å². The van der Waals surface area contributed by atoms with Crippen molar-refractivity contribution in [2.75, 3.05) is 61.7 Å². The van der Waals surface area contributed by atoms with Crippen LogP contribution in [-0.2, 0) is 14.6 Å². The molecule has 1 atom stereocenters. The van der Waals surface area contributed by atoms with E-state index in [2.05, 4.69) is 16.9 Å². The Hall–Kier alpha value is -3.70. The number of methoxy groups -OCH3 is 2. The average molecular weight is 557 g/mol. The second kappa shape index (κ2) is 12.0. The van der Waals surface area contributed by atoms with Gasteiger partial charge in [0.2, 0.25) is 0 Å². The van der Waals surface area contributed by atoms with Gasteiger partial charge in [-0.15, -0.1) is 0 Å². The number of sulfone groups is 1. The van der Waals surface area contributed by atoms with E-state index in [-0.39, 0.29) is 37.0 Å². The predicted molar refractivity (Wildman–Crippen MR) is 151 cm³/mol. The Labute approximate surface area is 228 Å². The number of carbonyl (C=O) groups is 1. The monoisotopic (exact) mass is 556 g/mol. The molecule has 4 rings (SSSR count). The third-order valence-corrected chi connectivity index (χ3v) is 8.46. The van der Waals surface area contributed by atoms with E-state index < -0.39 is 21.8 Å². The standard InChI is InChI=1S/C28H33FN4O5S/c1-5-32(21-7-9-27(25(29)15-21)33-10-12-39(35,36)13-11-33)18-23(38-4)17-30-28(34)24-14-20-6-8-22(37-3)16-26(20)31-19(24)2/h5-9,14-16,23H,1,10-13,17-18H2,2-4H3,(H,30,34)/t23-/m0/s1. The van der Waals surface area contributed by atoms with Gasteiger partial charge in [0.15, 0.2) is 9.84 Å². The molecule has 0 spiro atoms. The number of nitrogens with zero attached hydrogens (tertiary/aromatic N) is 3. The first kappa shape index (κ1) is 28.3. The van der Waals surface area contributed by atoms with Gasteiger partial charge in [0, 0.05) is 43.9 Å². The molecule has 208 valence electrons. The van der Waals surface area contributed by atoms with Crippen LogP contribution < -0.4 is 19.9 Å².